The molecule has 1 fully saturated rings. The molecule has 5 aromatic carbocycles. The molecule has 2 N–H and O–H groups in total. The first-order chi connectivity index (χ1) is 24.1. The highest BCUT2D eigenvalue weighted by Crippen LogP contribution is 2.39. The molecule has 3 atom stereocenters. The maximum absolute atomic E-state index is 13.2. The number of carbonyl (C=O) groups is 1. The summed E-state index contributed by atoms with van der Waals surface area (Å²) in [6.45, 7) is 2.22. The second kappa shape index (κ2) is 15.3. The number of aromatic nitrogens is 2. The smallest absolute Gasteiger partial charge is 0.275 e. The van der Waals surface area contributed by atoms with Gasteiger partial charge in [-0.25, -0.2) is 4.98 Å². The summed E-state index contributed by atoms with van der Waals surface area (Å²) in [5.41, 5.74) is 7.35. The van der Waals surface area contributed by atoms with E-state index in [1.165, 1.54) is 17.3 Å². The van der Waals surface area contributed by atoms with Crippen molar-refractivity contribution in [2.45, 2.75) is 44.6 Å². The normalized spacial score (nSPS) is 17.6. The van der Waals surface area contributed by atoms with Crippen molar-refractivity contribution in [3.05, 3.63) is 173 Å². The Morgan fingerprint density at radius 1 is 0.735 bits per heavy atom. The third kappa shape index (κ3) is 8.25. The predicted octanol–water partition coefficient (Wildman–Crippen LogP) is 7.62. The van der Waals surface area contributed by atoms with Crippen LogP contribution >= 0.6 is 0 Å². The van der Waals surface area contributed by atoms with Crippen LogP contribution in [0.15, 0.2) is 140 Å². The fourth-order valence-electron chi connectivity index (χ4n) is 6.21. The number of anilines is 1. The van der Waals surface area contributed by atoms with Crippen molar-refractivity contribution in [3.8, 4) is 0 Å². The molecule has 0 aliphatic carbocycles. The third-order valence-corrected chi connectivity index (χ3v) is 8.67. The number of benzene rings is 5. The summed E-state index contributed by atoms with van der Waals surface area (Å²) in [6.07, 6.45) is 1.08. The Kier molecular flexibility index (Phi) is 10.1. The summed E-state index contributed by atoms with van der Waals surface area (Å²) in [5.74, 6) is -0.349. The highest BCUT2D eigenvalue weighted by molar-refractivity contribution is 6.03. The van der Waals surface area contributed by atoms with Gasteiger partial charge in [0.05, 0.1) is 36.0 Å². The van der Waals surface area contributed by atoms with E-state index in [1.807, 2.05) is 84.9 Å². The van der Waals surface area contributed by atoms with Gasteiger partial charge in [0, 0.05) is 37.3 Å². The molecule has 0 radical (unpaired) electrons. The van der Waals surface area contributed by atoms with Crippen molar-refractivity contribution in [2.24, 2.45) is 0 Å². The van der Waals surface area contributed by atoms with Crippen LogP contribution < -0.4 is 5.32 Å². The highest BCUT2D eigenvalue weighted by atomic mass is 16.7. The first-order valence-electron chi connectivity index (χ1n) is 16.5. The number of ether oxygens (including phenoxy) is 2. The van der Waals surface area contributed by atoms with Gasteiger partial charge in [0.2, 0.25) is 0 Å². The molecular formula is C41H38N4O4. The Bertz CT molecular complexity index is 1950. The van der Waals surface area contributed by atoms with Crippen LogP contribution in [0.5, 0.6) is 0 Å². The lowest BCUT2D eigenvalue weighted by molar-refractivity contribution is -0.253. The van der Waals surface area contributed by atoms with E-state index in [0.29, 0.717) is 24.2 Å². The first kappa shape index (κ1) is 32.3. The van der Waals surface area contributed by atoms with Crippen molar-refractivity contribution in [1.82, 2.24) is 14.9 Å². The number of amides is 1. The summed E-state index contributed by atoms with van der Waals surface area (Å²) in [6, 6.07) is 43.9. The Morgan fingerprint density at radius 2 is 1.41 bits per heavy atom. The molecular weight excluding hydrogens is 612 g/mol. The minimum absolute atomic E-state index is 0.0165. The van der Waals surface area contributed by atoms with Gasteiger partial charge in [0.25, 0.3) is 5.91 Å². The number of para-hydroxylation sites is 2. The lowest BCUT2D eigenvalue weighted by atomic mass is 9.99. The van der Waals surface area contributed by atoms with E-state index in [4.69, 9.17) is 9.47 Å². The second-order valence-corrected chi connectivity index (χ2v) is 12.3. The van der Waals surface area contributed by atoms with E-state index in [1.54, 1.807) is 0 Å². The average molecular weight is 651 g/mol. The zero-order valence-corrected chi connectivity index (χ0v) is 27.1. The van der Waals surface area contributed by atoms with Gasteiger partial charge in [-0.3, -0.25) is 14.7 Å². The molecule has 1 aliphatic heterocycles. The summed E-state index contributed by atoms with van der Waals surface area (Å²) in [5, 5.41) is 12.6. The maximum Gasteiger partial charge on any atom is 0.275 e. The van der Waals surface area contributed by atoms with Gasteiger partial charge in [-0.2, -0.15) is 0 Å². The molecule has 0 unspecified atom stereocenters. The van der Waals surface area contributed by atoms with E-state index < -0.39 is 6.29 Å². The molecule has 0 saturated carbocycles. The Hall–Kier alpha value is -5.25. The van der Waals surface area contributed by atoms with Crippen molar-refractivity contribution >= 4 is 22.6 Å². The van der Waals surface area contributed by atoms with Gasteiger partial charge in [0.1, 0.15) is 5.69 Å². The molecule has 1 saturated heterocycles. The van der Waals surface area contributed by atoms with Crippen LogP contribution in [0.4, 0.5) is 5.69 Å². The minimum Gasteiger partial charge on any atom is -0.392 e. The molecule has 6 aromatic rings. The van der Waals surface area contributed by atoms with Gasteiger partial charge in [0.15, 0.2) is 6.29 Å². The van der Waals surface area contributed by atoms with Crippen molar-refractivity contribution in [1.29, 1.82) is 0 Å². The molecule has 246 valence electrons. The zero-order chi connectivity index (χ0) is 33.4. The topological polar surface area (TPSA) is 96.8 Å². The number of aliphatic hydroxyl groups excluding tert-OH is 1. The van der Waals surface area contributed by atoms with Crippen molar-refractivity contribution in [3.63, 3.8) is 0 Å². The van der Waals surface area contributed by atoms with E-state index >= 15 is 0 Å². The van der Waals surface area contributed by atoms with Crippen LogP contribution in [0.2, 0.25) is 0 Å². The van der Waals surface area contributed by atoms with Crippen LogP contribution in [0.25, 0.3) is 11.0 Å². The Balaban J connectivity index is 1.14. The lowest BCUT2D eigenvalue weighted by Gasteiger charge is -2.38. The van der Waals surface area contributed by atoms with Crippen LogP contribution in [0, 0.1) is 0 Å². The number of nitrogens with one attached hydrogen (secondary N) is 1. The molecule has 8 nitrogen and oxygen atoms in total. The SMILES string of the molecule is O=C(Nc1cccc([C@H]2O[C@@H](CN(Cc3ccccc3)Cc3ccccc3)C[C@@H](c3ccc(CO)cc3)O2)c1)c1cnc2ccccc2n1. The van der Waals surface area contributed by atoms with Crippen LogP contribution in [0.1, 0.15) is 57.1 Å². The largest absolute Gasteiger partial charge is 0.392 e. The van der Waals surface area contributed by atoms with Crippen molar-refractivity contribution < 1.29 is 19.4 Å². The molecule has 1 amide bonds. The number of nitrogens with zero attached hydrogens (tertiary/aromatic N) is 3. The summed E-state index contributed by atoms with van der Waals surface area (Å²) in [7, 11) is 0. The van der Waals surface area contributed by atoms with Gasteiger partial charge >= 0.3 is 0 Å². The molecule has 7 rings (SSSR count). The number of fused-ring (bicyclic) bond motifs is 1. The molecule has 1 aromatic heterocycles. The molecule has 8 heteroatoms. The van der Waals surface area contributed by atoms with E-state index in [9.17, 15) is 9.90 Å². The summed E-state index contributed by atoms with van der Waals surface area (Å²) >= 11 is 0. The van der Waals surface area contributed by atoms with Gasteiger partial charge in [-0.1, -0.05) is 109 Å². The number of carbonyl (C=O) groups excluding carboxylic acids is 1. The van der Waals surface area contributed by atoms with Gasteiger partial charge in [-0.15, -0.1) is 0 Å². The van der Waals surface area contributed by atoms with Gasteiger partial charge < -0.3 is 19.9 Å². The molecule has 49 heavy (non-hydrogen) atoms. The monoisotopic (exact) mass is 650 g/mol. The number of hydrogen-bond acceptors (Lipinski definition) is 7. The molecule has 0 bridgehead atoms. The maximum atomic E-state index is 13.2. The fourth-order valence-corrected chi connectivity index (χ4v) is 6.21. The molecule has 1 aliphatic rings. The van der Waals surface area contributed by atoms with E-state index in [0.717, 1.165) is 35.3 Å². The third-order valence-electron chi connectivity index (χ3n) is 8.67. The van der Waals surface area contributed by atoms with E-state index in [2.05, 4.69) is 68.7 Å². The molecule has 2 heterocycles. The minimum atomic E-state index is -0.672. The lowest BCUT2D eigenvalue weighted by Crippen LogP contribution is -2.39. The fraction of sp³-hybridized carbons (Fsp3) is 0.195. The molecule has 0 spiro atoms. The highest BCUT2D eigenvalue weighted by Gasteiger charge is 2.33. The standard InChI is InChI=1S/C41H38N4O4/c46-28-31-18-20-32(21-19-31)39-23-35(27-45(25-29-10-3-1-4-11-29)26-30-12-5-2-6-13-30)48-41(49-39)33-14-9-15-34(22-33)43-40(47)38-24-42-36-16-7-8-17-37(36)44-38/h1-22,24,35,39,41,46H,23,25-28H2,(H,43,47)/t35-,39+,41+/m1/s1. The van der Waals surface area contributed by atoms with Gasteiger partial charge in [-0.05, 0) is 46.5 Å². The number of rotatable bonds is 11. The number of aliphatic hydroxyl groups is 1. The quantitative estimate of drug-likeness (QED) is 0.149. The first-order valence-corrected chi connectivity index (χ1v) is 16.5. The van der Waals surface area contributed by atoms with Crippen LogP contribution in [0.3, 0.4) is 0 Å². The van der Waals surface area contributed by atoms with Crippen LogP contribution in [-0.2, 0) is 29.2 Å². The summed E-state index contributed by atoms with van der Waals surface area (Å²) < 4.78 is 13.4. The Morgan fingerprint density at radius 3 is 2.10 bits per heavy atom. The summed E-state index contributed by atoms with van der Waals surface area (Å²) in [4.78, 5) is 24.5. The predicted molar refractivity (Wildman–Crippen MR) is 189 cm³/mol. The van der Waals surface area contributed by atoms with Crippen molar-refractivity contribution in [2.75, 3.05) is 11.9 Å². The number of hydrogen-bond donors (Lipinski definition) is 2. The van der Waals surface area contributed by atoms with E-state index in [-0.39, 0.29) is 30.4 Å². The second-order valence-electron chi connectivity index (χ2n) is 12.3. The van der Waals surface area contributed by atoms with Crippen LogP contribution in [-0.4, -0.2) is 38.5 Å². The Labute approximate surface area is 286 Å². The zero-order valence-electron chi connectivity index (χ0n) is 27.1. The average Bonchev–Trinajstić information content (AvgIpc) is 3.15.